The van der Waals surface area contributed by atoms with E-state index in [1.165, 1.54) is 12.8 Å². The molecule has 1 heterocycles. The Hall–Kier alpha value is -0.350. The predicted octanol–water partition coefficient (Wildman–Crippen LogP) is 2.06. The zero-order valence-electron chi connectivity index (χ0n) is 10.3. The molecule has 0 spiro atoms. The van der Waals surface area contributed by atoms with E-state index in [1.807, 2.05) is 0 Å². The highest BCUT2D eigenvalue weighted by Crippen LogP contribution is 2.28. The molecule has 17 heavy (non-hydrogen) atoms. The quantitative estimate of drug-likeness (QED) is 0.788. The van der Waals surface area contributed by atoms with E-state index in [0.717, 1.165) is 31.3 Å². The van der Waals surface area contributed by atoms with E-state index >= 15 is 0 Å². The first kappa shape index (κ1) is 13.1. The molecule has 4 heteroatoms. The van der Waals surface area contributed by atoms with Gasteiger partial charge in [0, 0.05) is 0 Å². The van der Waals surface area contributed by atoms with E-state index in [0.29, 0.717) is 12.2 Å². The van der Waals surface area contributed by atoms with Crippen molar-refractivity contribution in [2.24, 2.45) is 5.92 Å². The zero-order valence-corrected chi connectivity index (χ0v) is 11.1. The summed E-state index contributed by atoms with van der Waals surface area (Å²) in [6.07, 6.45) is 8.78. The number of aliphatic hydroxyl groups is 1. The van der Waals surface area contributed by atoms with Crippen LogP contribution in [0, 0.1) is 5.92 Å². The molecule has 2 aliphatic rings. The number of allylic oxidation sites excluding steroid dienone is 1. The maximum absolute atomic E-state index is 11.4. The fraction of sp³-hybridized carbons (Fsp3) is 0.846. The largest absolute Gasteiger partial charge is 0.389 e. The van der Waals surface area contributed by atoms with Crippen LogP contribution in [-0.4, -0.2) is 31.1 Å². The van der Waals surface area contributed by atoms with Gasteiger partial charge in [0.1, 0.15) is 0 Å². The summed E-state index contributed by atoms with van der Waals surface area (Å²) >= 11 is 0. The second kappa shape index (κ2) is 5.53. The average Bonchev–Trinajstić information content (AvgIpc) is 2.52. The molecule has 1 fully saturated rings. The van der Waals surface area contributed by atoms with E-state index in [-0.39, 0.29) is 11.7 Å². The maximum Gasteiger partial charge on any atom is 0.150 e. The maximum atomic E-state index is 11.4. The van der Waals surface area contributed by atoms with Crippen molar-refractivity contribution in [3.8, 4) is 0 Å². The molecule has 2 unspecified atom stereocenters. The highest BCUT2D eigenvalue weighted by atomic mass is 32.2. The van der Waals surface area contributed by atoms with Gasteiger partial charge < -0.3 is 5.11 Å². The number of hydrogen-bond acceptors (Lipinski definition) is 3. The third-order valence-electron chi connectivity index (χ3n) is 3.89. The van der Waals surface area contributed by atoms with Crippen LogP contribution in [0.15, 0.2) is 11.6 Å². The molecule has 2 rings (SSSR count). The smallest absolute Gasteiger partial charge is 0.150 e. The minimum atomic E-state index is -2.81. The monoisotopic (exact) mass is 258 g/mol. The number of aliphatic hydroxyl groups excluding tert-OH is 1. The molecule has 3 nitrogen and oxygen atoms in total. The highest BCUT2D eigenvalue weighted by molar-refractivity contribution is 7.91. The van der Waals surface area contributed by atoms with Crippen molar-refractivity contribution in [2.75, 3.05) is 11.5 Å². The molecule has 0 aromatic heterocycles. The van der Waals surface area contributed by atoms with Crippen LogP contribution in [0.1, 0.15) is 44.9 Å². The van der Waals surface area contributed by atoms with Crippen LogP contribution in [0.5, 0.6) is 0 Å². The van der Waals surface area contributed by atoms with Crippen molar-refractivity contribution < 1.29 is 13.5 Å². The third kappa shape index (κ3) is 3.81. The van der Waals surface area contributed by atoms with Gasteiger partial charge in [0.25, 0.3) is 0 Å². The van der Waals surface area contributed by atoms with Crippen LogP contribution < -0.4 is 0 Å². The molecular formula is C13H22O3S. The molecule has 0 bridgehead atoms. The SMILES string of the molecule is O=S1(=O)CCC(CC(O)C2=CCCCCC2)C1. The Morgan fingerprint density at radius 2 is 2.18 bits per heavy atom. The zero-order chi connectivity index (χ0) is 12.3. The van der Waals surface area contributed by atoms with Crippen LogP contribution in [-0.2, 0) is 9.84 Å². The summed E-state index contributed by atoms with van der Waals surface area (Å²) in [6.45, 7) is 0. The van der Waals surface area contributed by atoms with Crippen molar-refractivity contribution >= 4 is 9.84 Å². The molecule has 0 saturated carbocycles. The average molecular weight is 258 g/mol. The van der Waals surface area contributed by atoms with Gasteiger partial charge in [0.2, 0.25) is 0 Å². The second-order valence-electron chi connectivity index (χ2n) is 5.40. The van der Waals surface area contributed by atoms with Gasteiger partial charge in [-0.1, -0.05) is 12.5 Å². The number of sulfone groups is 1. The Morgan fingerprint density at radius 3 is 2.88 bits per heavy atom. The molecule has 1 N–H and O–H groups in total. The minimum Gasteiger partial charge on any atom is -0.389 e. The van der Waals surface area contributed by atoms with Gasteiger partial charge in [-0.3, -0.25) is 0 Å². The molecule has 0 radical (unpaired) electrons. The Morgan fingerprint density at radius 1 is 1.35 bits per heavy atom. The molecule has 98 valence electrons. The molecule has 0 aromatic rings. The van der Waals surface area contributed by atoms with Gasteiger partial charge in [-0.25, -0.2) is 8.42 Å². The summed E-state index contributed by atoms with van der Waals surface area (Å²) in [7, 11) is -2.81. The molecule has 0 aromatic carbocycles. The molecule has 1 saturated heterocycles. The molecule has 1 aliphatic carbocycles. The van der Waals surface area contributed by atoms with Gasteiger partial charge in [0.05, 0.1) is 17.6 Å². The lowest BCUT2D eigenvalue weighted by Gasteiger charge is -2.17. The van der Waals surface area contributed by atoms with Gasteiger partial charge in [-0.05, 0) is 50.0 Å². The van der Waals surface area contributed by atoms with Gasteiger partial charge in [0.15, 0.2) is 9.84 Å². The Kier molecular flexibility index (Phi) is 4.26. The van der Waals surface area contributed by atoms with Gasteiger partial charge in [-0.2, -0.15) is 0 Å². The summed E-state index contributed by atoms with van der Waals surface area (Å²) < 4.78 is 22.7. The van der Waals surface area contributed by atoms with Crippen molar-refractivity contribution in [1.29, 1.82) is 0 Å². The van der Waals surface area contributed by atoms with Crippen LogP contribution in [0.3, 0.4) is 0 Å². The normalized spacial score (nSPS) is 30.6. The van der Waals surface area contributed by atoms with Crippen molar-refractivity contribution in [3.63, 3.8) is 0 Å². The van der Waals surface area contributed by atoms with Gasteiger partial charge >= 0.3 is 0 Å². The summed E-state index contributed by atoms with van der Waals surface area (Å²) in [6, 6.07) is 0. The van der Waals surface area contributed by atoms with E-state index in [4.69, 9.17) is 0 Å². The molecule has 0 amide bonds. The Balaban J connectivity index is 1.88. The molecule has 2 atom stereocenters. The van der Waals surface area contributed by atoms with Crippen molar-refractivity contribution in [3.05, 3.63) is 11.6 Å². The van der Waals surface area contributed by atoms with Crippen LogP contribution in [0.4, 0.5) is 0 Å². The summed E-state index contributed by atoms with van der Waals surface area (Å²) in [5, 5.41) is 10.2. The number of hydrogen-bond donors (Lipinski definition) is 1. The predicted molar refractivity (Wildman–Crippen MR) is 68.6 cm³/mol. The fourth-order valence-electron chi connectivity index (χ4n) is 2.87. The topological polar surface area (TPSA) is 54.4 Å². The Labute approximate surface area is 104 Å². The van der Waals surface area contributed by atoms with E-state index in [1.54, 1.807) is 0 Å². The van der Waals surface area contributed by atoms with E-state index < -0.39 is 15.9 Å². The lowest BCUT2D eigenvalue weighted by atomic mass is 9.94. The number of rotatable bonds is 3. The highest BCUT2D eigenvalue weighted by Gasteiger charge is 2.30. The summed E-state index contributed by atoms with van der Waals surface area (Å²) in [5.41, 5.74) is 1.15. The first-order chi connectivity index (χ1) is 8.07. The molecule has 1 aliphatic heterocycles. The third-order valence-corrected chi connectivity index (χ3v) is 5.72. The standard InChI is InChI=1S/C13H22O3S/c14-13(12-5-3-1-2-4-6-12)9-11-7-8-17(15,16)10-11/h5,11,13-14H,1-4,6-10H2. The first-order valence-electron chi connectivity index (χ1n) is 6.64. The Bertz CT molecular complexity index is 383. The molecular weight excluding hydrogens is 236 g/mol. The van der Waals surface area contributed by atoms with Crippen molar-refractivity contribution in [1.82, 2.24) is 0 Å². The minimum absolute atomic E-state index is 0.166. The second-order valence-corrected chi connectivity index (χ2v) is 7.63. The van der Waals surface area contributed by atoms with Crippen molar-refractivity contribution in [2.45, 2.75) is 51.0 Å². The van der Waals surface area contributed by atoms with E-state index in [9.17, 15) is 13.5 Å². The van der Waals surface area contributed by atoms with Crippen LogP contribution in [0.25, 0.3) is 0 Å². The van der Waals surface area contributed by atoms with Gasteiger partial charge in [-0.15, -0.1) is 0 Å². The fourth-order valence-corrected chi connectivity index (χ4v) is 4.75. The van der Waals surface area contributed by atoms with E-state index in [2.05, 4.69) is 6.08 Å². The summed E-state index contributed by atoms with van der Waals surface area (Å²) in [5.74, 6) is 0.750. The van der Waals surface area contributed by atoms with Crippen LogP contribution in [0.2, 0.25) is 0 Å². The lowest BCUT2D eigenvalue weighted by molar-refractivity contribution is 0.176. The van der Waals surface area contributed by atoms with Crippen LogP contribution >= 0.6 is 0 Å². The first-order valence-corrected chi connectivity index (χ1v) is 8.46. The summed E-state index contributed by atoms with van der Waals surface area (Å²) in [4.78, 5) is 0. The lowest BCUT2D eigenvalue weighted by Crippen LogP contribution is -2.17.